The molecule has 0 radical (unpaired) electrons. The predicted molar refractivity (Wildman–Crippen MR) is 112 cm³/mol. The highest BCUT2D eigenvalue weighted by Gasteiger charge is 2.15. The molecule has 0 bridgehead atoms. The van der Waals surface area contributed by atoms with Crippen molar-refractivity contribution in [2.45, 2.75) is 73.3 Å². The van der Waals surface area contributed by atoms with Gasteiger partial charge in [-0.05, 0) is 51.7 Å². The molecule has 0 unspecified atom stereocenters. The third-order valence-corrected chi connectivity index (χ3v) is 4.59. The summed E-state index contributed by atoms with van der Waals surface area (Å²) in [6.07, 6.45) is 4.48. The molecule has 1 aromatic heterocycles. The normalized spacial score (nSPS) is 11.0. The molecule has 1 aromatic carbocycles. The molecule has 0 aliphatic rings. The van der Waals surface area contributed by atoms with Crippen molar-refractivity contribution in [3.05, 3.63) is 34.6 Å². The van der Waals surface area contributed by atoms with Gasteiger partial charge in [0.1, 0.15) is 11.5 Å². The van der Waals surface area contributed by atoms with Crippen LogP contribution in [0.4, 0.5) is 23.0 Å². The maximum atomic E-state index is 6.42. The summed E-state index contributed by atoms with van der Waals surface area (Å²) in [4.78, 5) is 9.10. The monoisotopic (exact) mass is 355 g/mol. The smallest absolute Gasteiger partial charge is 0.159 e. The highest BCUT2D eigenvalue weighted by Crippen LogP contribution is 2.31. The topological polar surface area (TPSA) is 75.9 Å². The summed E-state index contributed by atoms with van der Waals surface area (Å²) in [6.45, 7) is 12.6. The van der Waals surface area contributed by atoms with E-state index in [-0.39, 0.29) is 0 Å². The number of benzene rings is 1. The van der Waals surface area contributed by atoms with Gasteiger partial charge in [0.2, 0.25) is 0 Å². The molecular weight excluding hydrogens is 322 g/mol. The molecular formula is C21H33N5. The van der Waals surface area contributed by atoms with Crippen LogP contribution >= 0.6 is 0 Å². The van der Waals surface area contributed by atoms with Gasteiger partial charge in [-0.2, -0.15) is 0 Å². The Morgan fingerprint density at radius 1 is 0.923 bits per heavy atom. The first kappa shape index (κ1) is 20.0. The van der Waals surface area contributed by atoms with E-state index in [0.29, 0.717) is 23.4 Å². The van der Waals surface area contributed by atoms with Crippen molar-refractivity contribution in [1.29, 1.82) is 0 Å². The van der Waals surface area contributed by atoms with Crippen molar-refractivity contribution in [3.63, 3.8) is 0 Å². The van der Waals surface area contributed by atoms with E-state index in [4.69, 9.17) is 5.73 Å². The molecule has 0 atom stereocenters. The van der Waals surface area contributed by atoms with Crippen LogP contribution in [0, 0.1) is 27.7 Å². The zero-order valence-electron chi connectivity index (χ0n) is 17.0. The van der Waals surface area contributed by atoms with E-state index in [0.717, 1.165) is 37.2 Å². The van der Waals surface area contributed by atoms with Gasteiger partial charge in [0.15, 0.2) is 11.6 Å². The van der Waals surface area contributed by atoms with Gasteiger partial charge in [0.05, 0.1) is 0 Å². The fourth-order valence-electron chi connectivity index (χ4n) is 3.46. The summed E-state index contributed by atoms with van der Waals surface area (Å²) in [6, 6.07) is 4.71. The lowest BCUT2D eigenvalue weighted by Gasteiger charge is -2.21. The standard InChI is InChI=1S/C21H33N5/c1-7-9-17(10-8-2)25-20-18(22)21(24-16(6)23-20)26-19-14(4)11-13(3)12-15(19)5/h11-12,17H,7-10,22H2,1-6H3,(H2,23,24,25,26). The van der Waals surface area contributed by atoms with Gasteiger partial charge in [0.25, 0.3) is 0 Å². The zero-order valence-corrected chi connectivity index (χ0v) is 17.0. The summed E-state index contributed by atoms with van der Waals surface area (Å²) in [5.41, 5.74) is 11.7. The molecule has 2 rings (SSSR count). The summed E-state index contributed by atoms with van der Waals surface area (Å²) < 4.78 is 0. The molecule has 1 heterocycles. The lowest BCUT2D eigenvalue weighted by atomic mass is 10.0. The Morgan fingerprint density at radius 2 is 1.46 bits per heavy atom. The first-order valence-corrected chi connectivity index (χ1v) is 9.61. The van der Waals surface area contributed by atoms with Crippen molar-refractivity contribution >= 4 is 23.0 Å². The Kier molecular flexibility index (Phi) is 6.83. The van der Waals surface area contributed by atoms with Crippen LogP contribution in [0.25, 0.3) is 0 Å². The van der Waals surface area contributed by atoms with Crippen LogP contribution in [0.3, 0.4) is 0 Å². The van der Waals surface area contributed by atoms with E-state index in [1.165, 1.54) is 16.7 Å². The number of nitrogens with zero attached hydrogens (tertiary/aromatic N) is 2. The molecule has 5 nitrogen and oxygen atoms in total. The number of hydrogen-bond donors (Lipinski definition) is 3. The van der Waals surface area contributed by atoms with Gasteiger partial charge in [0, 0.05) is 11.7 Å². The quantitative estimate of drug-likeness (QED) is 0.590. The van der Waals surface area contributed by atoms with Crippen molar-refractivity contribution < 1.29 is 0 Å². The zero-order chi connectivity index (χ0) is 19.3. The highest BCUT2D eigenvalue weighted by atomic mass is 15.1. The summed E-state index contributed by atoms with van der Waals surface area (Å²) in [5, 5.41) is 6.98. The minimum Gasteiger partial charge on any atom is -0.393 e. The van der Waals surface area contributed by atoms with Crippen LogP contribution in [0.15, 0.2) is 12.1 Å². The van der Waals surface area contributed by atoms with Crippen LogP contribution in [0.5, 0.6) is 0 Å². The third-order valence-electron chi connectivity index (χ3n) is 4.59. The van der Waals surface area contributed by atoms with Crippen LogP contribution in [-0.4, -0.2) is 16.0 Å². The van der Waals surface area contributed by atoms with E-state index in [1.54, 1.807) is 0 Å². The molecule has 2 aromatic rings. The molecule has 0 saturated heterocycles. The van der Waals surface area contributed by atoms with Gasteiger partial charge in [-0.1, -0.05) is 44.4 Å². The molecule has 4 N–H and O–H groups in total. The highest BCUT2D eigenvalue weighted by molar-refractivity contribution is 5.79. The van der Waals surface area contributed by atoms with E-state index in [9.17, 15) is 0 Å². The van der Waals surface area contributed by atoms with Gasteiger partial charge in [-0.25, -0.2) is 9.97 Å². The van der Waals surface area contributed by atoms with Crippen LogP contribution in [0.2, 0.25) is 0 Å². The van der Waals surface area contributed by atoms with E-state index in [1.807, 2.05) is 6.92 Å². The molecule has 0 aliphatic heterocycles. The summed E-state index contributed by atoms with van der Waals surface area (Å²) in [7, 11) is 0. The number of anilines is 4. The fourth-order valence-corrected chi connectivity index (χ4v) is 3.46. The Bertz CT molecular complexity index is 725. The van der Waals surface area contributed by atoms with Crippen LogP contribution < -0.4 is 16.4 Å². The second-order valence-corrected chi connectivity index (χ2v) is 7.20. The molecule has 0 aliphatic carbocycles. The fraction of sp³-hybridized carbons (Fsp3) is 0.524. The first-order chi connectivity index (χ1) is 12.3. The summed E-state index contributed by atoms with van der Waals surface area (Å²) >= 11 is 0. The Hall–Kier alpha value is -2.30. The average molecular weight is 356 g/mol. The number of nitrogen functional groups attached to an aromatic ring is 1. The molecule has 0 amide bonds. The van der Waals surface area contributed by atoms with Gasteiger partial charge < -0.3 is 16.4 Å². The minimum atomic E-state index is 0.386. The molecule has 26 heavy (non-hydrogen) atoms. The van der Waals surface area contributed by atoms with Gasteiger partial charge >= 0.3 is 0 Å². The van der Waals surface area contributed by atoms with Crippen molar-refractivity contribution in [1.82, 2.24) is 9.97 Å². The lowest BCUT2D eigenvalue weighted by molar-refractivity contribution is 0.584. The molecule has 142 valence electrons. The first-order valence-electron chi connectivity index (χ1n) is 9.61. The average Bonchev–Trinajstić information content (AvgIpc) is 2.55. The Morgan fingerprint density at radius 3 is 2.00 bits per heavy atom. The summed E-state index contributed by atoms with van der Waals surface area (Å²) in [5.74, 6) is 2.11. The SMILES string of the molecule is CCCC(CCC)Nc1nc(C)nc(Nc2c(C)cc(C)cc2C)c1N. The van der Waals surface area contributed by atoms with Gasteiger partial charge in [-0.15, -0.1) is 0 Å². The molecule has 5 heteroatoms. The molecule has 0 saturated carbocycles. The van der Waals surface area contributed by atoms with Crippen molar-refractivity contribution in [3.8, 4) is 0 Å². The third kappa shape index (κ3) is 4.87. The van der Waals surface area contributed by atoms with Crippen LogP contribution in [0.1, 0.15) is 62.0 Å². The molecule has 0 fully saturated rings. The van der Waals surface area contributed by atoms with Crippen molar-refractivity contribution in [2.24, 2.45) is 0 Å². The number of nitrogens with two attached hydrogens (primary N) is 1. The number of aryl methyl sites for hydroxylation is 4. The minimum absolute atomic E-state index is 0.386. The molecule has 0 spiro atoms. The maximum Gasteiger partial charge on any atom is 0.159 e. The van der Waals surface area contributed by atoms with E-state index in [2.05, 4.69) is 67.4 Å². The number of rotatable bonds is 8. The number of aromatic nitrogens is 2. The Labute approximate surface area is 157 Å². The largest absolute Gasteiger partial charge is 0.393 e. The lowest BCUT2D eigenvalue weighted by Crippen LogP contribution is -2.21. The van der Waals surface area contributed by atoms with Crippen LogP contribution in [-0.2, 0) is 0 Å². The predicted octanol–water partition coefficient (Wildman–Crippen LogP) is 5.42. The van der Waals surface area contributed by atoms with Gasteiger partial charge in [-0.3, -0.25) is 0 Å². The second-order valence-electron chi connectivity index (χ2n) is 7.20. The second kappa shape index (κ2) is 8.88. The maximum absolute atomic E-state index is 6.42. The van der Waals surface area contributed by atoms with Crippen molar-refractivity contribution in [2.75, 3.05) is 16.4 Å². The number of nitrogens with one attached hydrogen (secondary N) is 2. The van der Waals surface area contributed by atoms with E-state index >= 15 is 0 Å². The Balaban J connectivity index is 2.35. The van der Waals surface area contributed by atoms with E-state index < -0.39 is 0 Å². The number of hydrogen-bond acceptors (Lipinski definition) is 5.